The van der Waals surface area contributed by atoms with Crippen molar-refractivity contribution in [2.75, 3.05) is 6.16 Å². The Morgan fingerprint density at radius 2 is 0.848 bits per heavy atom. The van der Waals surface area contributed by atoms with Gasteiger partial charge >= 0.3 is 0 Å². The Morgan fingerprint density at radius 1 is 0.485 bits per heavy atom. The van der Waals surface area contributed by atoms with E-state index in [4.69, 9.17) is 0 Å². The zero-order valence-corrected chi connectivity index (χ0v) is 20.4. The zero-order valence-electron chi connectivity index (χ0n) is 18.6. The normalized spacial score (nSPS) is 14.2. The Labute approximate surface area is 200 Å². The highest BCUT2D eigenvalue weighted by Gasteiger charge is 2.33. The molecular weight excluding hydrogens is 434 g/mol. The van der Waals surface area contributed by atoms with Gasteiger partial charge in [0, 0.05) is 11.6 Å². The molecule has 1 atom stereocenters. The van der Waals surface area contributed by atoms with Crippen molar-refractivity contribution in [3.8, 4) is 0 Å². The van der Waals surface area contributed by atoms with Gasteiger partial charge in [-0.05, 0) is 43.2 Å². The summed E-state index contributed by atoms with van der Waals surface area (Å²) in [4.78, 5) is 0. The maximum absolute atomic E-state index is 2.41. The molecule has 0 saturated carbocycles. The van der Waals surface area contributed by atoms with Crippen LogP contribution in [-0.4, -0.2) is 11.8 Å². The quantitative estimate of drug-likeness (QED) is 0.267. The van der Waals surface area contributed by atoms with Crippen LogP contribution in [0.3, 0.4) is 0 Å². The molecule has 4 aromatic carbocycles. The van der Waals surface area contributed by atoms with Crippen LogP contribution in [0.1, 0.15) is 0 Å². The smallest absolute Gasteiger partial charge is 0.00300 e. The van der Waals surface area contributed by atoms with Crippen molar-refractivity contribution in [3.05, 3.63) is 146 Å². The van der Waals surface area contributed by atoms with E-state index in [0.29, 0.717) is 11.6 Å². The highest BCUT2D eigenvalue weighted by atomic mass is 31.1. The maximum atomic E-state index is 2.41. The number of rotatable bonds is 8. The van der Waals surface area contributed by atoms with E-state index in [9.17, 15) is 0 Å². The summed E-state index contributed by atoms with van der Waals surface area (Å²) in [6.45, 7) is 0. The molecule has 0 heterocycles. The molecule has 1 aliphatic rings. The van der Waals surface area contributed by atoms with E-state index in [1.807, 2.05) is 0 Å². The van der Waals surface area contributed by atoms with E-state index in [2.05, 4.69) is 146 Å². The van der Waals surface area contributed by atoms with Crippen LogP contribution in [0.2, 0.25) is 0 Å². The van der Waals surface area contributed by atoms with Gasteiger partial charge in [0.1, 0.15) is 0 Å². The first kappa shape index (κ1) is 22.0. The Hall–Kier alpha value is -2.78. The van der Waals surface area contributed by atoms with Crippen molar-refractivity contribution < 1.29 is 0 Å². The van der Waals surface area contributed by atoms with Crippen LogP contribution in [0, 0.1) is 5.92 Å². The molecule has 1 aliphatic carbocycles. The molecule has 0 bridgehead atoms. The molecule has 0 saturated heterocycles. The topological polar surface area (TPSA) is 0 Å². The van der Waals surface area contributed by atoms with Crippen LogP contribution in [0.4, 0.5) is 0 Å². The predicted octanol–water partition coefficient (Wildman–Crippen LogP) is 6.36. The number of hydrogen-bond donors (Lipinski definition) is 0. The van der Waals surface area contributed by atoms with E-state index >= 15 is 0 Å². The highest BCUT2D eigenvalue weighted by molar-refractivity contribution is 7.77. The molecule has 0 aliphatic heterocycles. The standard InChI is InChI=1S/C31H28P2/c1-5-17-27(18-6-1)32(28-19-7-2-8-20-28)25-31(26-15-13-14-16-26)33(29-21-9-3-10-22-29)30-23-11-4-12-24-30/h1-24,26,31H,25H2. The van der Waals surface area contributed by atoms with Crippen molar-refractivity contribution in [2.45, 2.75) is 5.66 Å². The summed E-state index contributed by atoms with van der Waals surface area (Å²) in [5.74, 6) is 0.453. The van der Waals surface area contributed by atoms with Gasteiger partial charge in [-0.3, -0.25) is 0 Å². The maximum Gasteiger partial charge on any atom is 0.00300 e. The van der Waals surface area contributed by atoms with Gasteiger partial charge in [-0.2, -0.15) is 0 Å². The summed E-state index contributed by atoms with van der Waals surface area (Å²) in [5, 5.41) is 5.86. The van der Waals surface area contributed by atoms with Crippen molar-refractivity contribution >= 4 is 37.1 Å². The summed E-state index contributed by atoms with van der Waals surface area (Å²) >= 11 is 0. The van der Waals surface area contributed by atoms with Crippen LogP contribution in [0.5, 0.6) is 0 Å². The third kappa shape index (κ3) is 5.25. The van der Waals surface area contributed by atoms with E-state index < -0.39 is 15.8 Å². The van der Waals surface area contributed by atoms with Crippen molar-refractivity contribution in [1.82, 2.24) is 0 Å². The molecule has 0 amide bonds. The second kappa shape index (κ2) is 10.9. The van der Waals surface area contributed by atoms with Crippen molar-refractivity contribution in [3.63, 3.8) is 0 Å². The van der Waals surface area contributed by atoms with Gasteiger partial charge in [0.05, 0.1) is 0 Å². The minimum atomic E-state index is -0.525. The van der Waals surface area contributed by atoms with Gasteiger partial charge in [0.2, 0.25) is 0 Å². The second-order valence-electron chi connectivity index (χ2n) is 8.24. The van der Waals surface area contributed by atoms with E-state index in [-0.39, 0.29) is 0 Å². The first-order chi connectivity index (χ1) is 16.4. The molecular formula is C31H28P2. The third-order valence-electron chi connectivity index (χ3n) is 6.13. The van der Waals surface area contributed by atoms with Crippen LogP contribution in [0.25, 0.3) is 0 Å². The molecule has 33 heavy (non-hydrogen) atoms. The molecule has 0 N–H and O–H groups in total. The van der Waals surface area contributed by atoms with Crippen LogP contribution in [-0.2, 0) is 0 Å². The molecule has 2 heteroatoms. The first-order valence-corrected chi connectivity index (χ1v) is 14.5. The predicted molar refractivity (Wildman–Crippen MR) is 149 cm³/mol. The third-order valence-corrected chi connectivity index (χ3v) is 11.9. The monoisotopic (exact) mass is 462 g/mol. The van der Waals surface area contributed by atoms with Crippen LogP contribution >= 0.6 is 15.8 Å². The second-order valence-corrected chi connectivity index (χ2v) is 12.9. The lowest BCUT2D eigenvalue weighted by Crippen LogP contribution is -2.31. The summed E-state index contributed by atoms with van der Waals surface area (Å²) in [7, 11) is -0.996. The number of hydrogen-bond acceptors (Lipinski definition) is 0. The summed E-state index contributed by atoms with van der Waals surface area (Å²) in [6, 6.07) is 44.7. The van der Waals surface area contributed by atoms with Crippen molar-refractivity contribution in [1.29, 1.82) is 0 Å². The summed E-state index contributed by atoms with van der Waals surface area (Å²) < 4.78 is 0. The lowest BCUT2D eigenvalue weighted by Gasteiger charge is -2.35. The summed E-state index contributed by atoms with van der Waals surface area (Å²) in [6.07, 6.45) is 10.5. The molecule has 0 spiro atoms. The van der Waals surface area contributed by atoms with Crippen LogP contribution in [0.15, 0.2) is 146 Å². The number of allylic oxidation sites excluding steroid dienone is 4. The fraction of sp³-hybridized carbons (Fsp3) is 0.0968. The van der Waals surface area contributed by atoms with Gasteiger partial charge in [0.15, 0.2) is 0 Å². The zero-order chi connectivity index (χ0) is 22.3. The fourth-order valence-corrected chi connectivity index (χ4v) is 10.7. The molecule has 0 fully saturated rings. The minimum Gasteiger partial charge on any atom is -0.0770 e. The highest BCUT2D eigenvalue weighted by Crippen LogP contribution is 2.50. The molecule has 5 rings (SSSR count). The Balaban J connectivity index is 1.62. The number of benzene rings is 4. The van der Waals surface area contributed by atoms with Gasteiger partial charge in [-0.15, -0.1) is 0 Å². The Kier molecular flexibility index (Phi) is 7.27. The molecule has 1 unspecified atom stereocenters. The molecule has 4 aromatic rings. The fourth-order valence-electron chi connectivity index (χ4n) is 4.55. The largest absolute Gasteiger partial charge is 0.0770 e. The van der Waals surface area contributed by atoms with Crippen LogP contribution < -0.4 is 21.2 Å². The lowest BCUT2D eigenvalue weighted by molar-refractivity contribution is 0.805. The Morgan fingerprint density at radius 3 is 1.24 bits per heavy atom. The molecule has 0 nitrogen and oxygen atoms in total. The Bertz CT molecular complexity index is 1090. The van der Waals surface area contributed by atoms with Gasteiger partial charge in [-0.25, -0.2) is 0 Å². The van der Waals surface area contributed by atoms with Gasteiger partial charge < -0.3 is 0 Å². The average molecular weight is 463 g/mol. The molecule has 162 valence electrons. The lowest BCUT2D eigenvalue weighted by atomic mass is 10.1. The minimum absolute atomic E-state index is 0.453. The SMILES string of the molecule is C1=CC(C(CP(c2ccccc2)c2ccccc2)P(c2ccccc2)c2ccccc2)C=C1. The molecule has 0 aromatic heterocycles. The van der Waals surface area contributed by atoms with Gasteiger partial charge in [-0.1, -0.05) is 146 Å². The van der Waals surface area contributed by atoms with E-state index in [1.54, 1.807) is 0 Å². The van der Waals surface area contributed by atoms with E-state index in [1.165, 1.54) is 21.2 Å². The summed E-state index contributed by atoms with van der Waals surface area (Å²) in [5.41, 5.74) is 0.520. The molecule has 0 radical (unpaired) electrons. The average Bonchev–Trinajstić information content (AvgIpc) is 3.43. The first-order valence-electron chi connectivity index (χ1n) is 11.5. The van der Waals surface area contributed by atoms with Crippen molar-refractivity contribution in [2.24, 2.45) is 5.92 Å². The van der Waals surface area contributed by atoms with E-state index in [0.717, 1.165) is 6.16 Å². The van der Waals surface area contributed by atoms with Gasteiger partial charge in [0.25, 0.3) is 0 Å².